The van der Waals surface area contributed by atoms with E-state index in [1.807, 2.05) is 18.2 Å². The number of nitrogens with zero attached hydrogens (tertiary/aromatic N) is 1. The monoisotopic (exact) mass is 388 g/mol. The Labute approximate surface area is 158 Å². The highest BCUT2D eigenvalue weighted by Gasteiger charge is 2.34. The van der Waals surface area contributed by atoms with Gasteiger partial charge in [-0.1, -0.05) is 30.0 Å². The molecule has 8 heteroatoms. The van der Waals surface area contributed by atoms with Crippen LogP contribution in [0, 0.1) is 5.82 Å². The fraction of sp³-hybridized carbons (Fsp3) is 0.0556. The highest BCUT2D eigenvalue weighted by molar-refractivity contribution is 8.26. The molecule has 26 heavy (non-hydrogen) atoms. The standard InChI is InChI=1S/C18H13FN2O3S2/c1-24-14-5-3-2-4-12(14)10-15-17(23)21(18(25)26-15)20-16(22)11-6-8-13(19)9-7-11/h2-10H,1H3,(H,20,22)/b15-10-. The summed E-state index contributed by atoms with van der Waals surface area (Å²) in [6, 6.07) is 12.2. The number of hydrogen-bond acceptors (Lipinski definition) is 5. The predicted octanol–water partition coefficient (Wildman–Crippen LogP) is 3.38. The highest BCUT2D eigenvalue weighted by atomic mass is 32.2. The third-order valence-electron chi connectivity index (χ3n) is 3.54. The highest BCUT2D eigenvalue weighted by Crippen LogP contribution is 2.33. The van der Waals surface area contributed by atoms with Crippen LogP contribution in [-0.2, 0) is 4.79 Å². The number of methoxy groups -OCH3 is 1. The van der Waals surface area contributed by atoms with E-state index >= 15 is 0 Å². The normalized spacial score (nSPS) is 15.5. The maximum absolute atomic E-state index is 13.0. The number of thiocarbonyl (C=S) groups is 1. The van der Waals surface area contributed by atoms with E-state index in [2.05, 4.69) is 5.43 Å². The molecule has 0 aliphatic carbocycles. The molecule has 1 aliphatic heterocycles. The van der Waals surface area contributed by atoms with Crippen LogP contribution < -0.4 is 10.2 Å². The second-order valence-corrected chi connectivity index (χ2v) is 6.88. The van der Waals surface area contributed by atoms with E-state index in [9.17, 15) is 14.0 Å². The lowest BCUT2D eigenvalue weighted by Gasteiger charge is -2.15. The summed E-state index contributed by atoms with van der Waals surface area (Å²) < 4.78 is 18.4. The van der Waals surface area contributed by atoms with Crippen molar-refractivity contribution in [3.63, 3.8) is 0 Å². The van der Waals surface area contributed by atoms with Gasteiger partial charge in [-0.25, -0.2) is 4.39 Å². The number of amides is 2. The second kappa shape index (κ2) is 7.67. The van der Waals surface area contributed by atoms with Crippen molar-refractivity contribution in [2.75, 3.05) is 7.11 Å². The average molecular weight is 388 g/mol. The Kier molecular flexibility index (Phi) is 5.34. The first-order chi connectivity index (χ1) is 12.5. The number of hydrazine groups is 1. The van der Waals surface area contributed by atoms with Crippen LogP contribution in [0.5, 0.6) is 5.75 Å². The van der Waals surface area contributed by atoms with Gasteiger partial charge in [0.1, 0.15) is 11.6 Å². The lowest BCUT2D eigenvalue weighted by atomic mass is 10.2. The van der Waals surface area contributed by atoms with Gasteiger partial charge in [0, 0.05) is 11.1 Å². The van der Waals surface area contributed by atoms with Crippen LogP contribution in [0.15, 0.2) is 53.4 Å². The zero-order valence-electron chi connectivity index (χ0n) is 13.6. The van der Waals surface area contributed by atoms with E-state index in [0.29, 0.717) is 10.7 Å². The number of carbonyl (C=O) groups excluding carboxylic acids is 2. The molecule has 0 atom stereocenters. The summed E-state index contributed by atoms with van der Waals surface area (Å²) in [7, 11) is 1.54. The van der Waals surface area contributed by atoms with Gasteiger partial charge in [0.15, 0.2) is 4.32 Å². The molecule has 132 valence electrons. The van der Waals surface area contributed by atoms with Crippen LogP contribution in [0.4, 0.5) is 4.39 Å². The molecule has 1 N–H and O–H groups in total. The van der Waals surface area contributed by atoms with Crippen LogP contribution in [0.2, 0.25) is 0 Å². The van der Waals surface area contributed by atoms with Crippen LogP contribution in [0.3, 0.4) is 0 Å². The molecule has 0 spiro atoms. The Balaban J connectivity index is 1.79. The van der Waals surface area contributed by atoms with E-state index in [0.717, 1.165) is 22.3 Å². The van der Waals surface area contributed by atoms with Crippen molar-refractivity contribution < 1.29 is 18.7 Å². The fourth-order valence-electron chi connectivity index (χ4n) is 2.26. The van der Waals surface area contributed by atoms with Crippen LogP contribution in [0.1, 0.15) is 15.9 Å². The smallest absolute Gasteiger partial charge is 0.285 e. The summed E-state index contributed by atoms with van der Waals surface area (Å²) in [6.45, 7) is 0. The lowest BCUT2D eigenvalue weighted by molar-refractivity contribution is -0.123. The molecule has 0 radical (unpaired) electrons. The first kappa shape index (κ1) is 18.1. The van der Waals surface area contributed by atoms with Crippen molar-refractivity contribution in [2.45, 2.75) is 0 Å². The van der Waals surface area contributed by atoms with Crippen LogP contribution >= 0.6 is 24.0 Å². The minimum absolute atomic E-state index is 0.201. The number of rotatable bonds is 4. The predicted molar refractivity (Wildman–Crippen MR) is 102 cm³/mol. The van der Waals surface area contributed by atoms with Gasteiger partial charge in [0.05, 0.1) is 12.0 Å². The SMILES string of the molecule is COc1ccccc1/C=C1\SC(=S)N(NC(=O)c2ccc(F)cc2)C1=O. The van der Waals surface area contributed by atoms with Crippen molar-refractivity contribution in [1.29, 1.82) is 0 Å². The van der Waals surface area contributed by atoms with Crippen LogP contribution in [0.25, 0.3) is 6.08 Å². The average Bonchev–Trinajstić information content (AvgIpc) is 2.90. The minimum Gasteiger partial charge on any atom is -0.496 e. The largest absolute Gasteiger partial charge is 0.496 e. The summed E-state index contributed by atoms with van der Waals surface area (Å²) in [4.78, 5) is 25.2. The fourth-order valence-corrected chi connectivity index (χ4v) is 3.43. The van der Waals surface area contributed by atoms with Crippen molar-refractivity contribution in [2.24, 2.45) is 0 Å². The molecule has 3 rings (SSSR count). The van der Waals surface area contributed by atoms with Crippen LogP contribution in [-0.4, -0.2) is 28.3 Å². The van der Waals surface area contributed by atoms with Crippen molar-refractivity contribution in [1.82, 2.24) is 10.4 Å². The summed E-state index contributed by atoms with van der Waals surface area (Å²) in [5, 5.41) is 1.01. The molecule has 5 nitrogen and oxygen atoms in total. The molecule has 0 unspecified atom stereocenters. The van der Waals surface area contributed by atoms with E-state index < -0.39 is 17.6 Å². The first-order valence-electron chi connectivity index (χ1n) is 7.47. The second-order valence-electron chi connectivity index (χ2n) is 5.21. The van der Waals surface area contributed by atoms with E-state index in [1.54, 1.807) is 19.3 Å². The molecular weight excluding hydrogens is 375 g/mol. The Morgan fingerprint density at radius 2 is 1.92 bits per heavy atom. The quantitative estimate of drug-likeness (QED) is 0.643. The number of nitrogens with one attached hydrogen (secondary N) is 1. The molecule has 2 aromatic carbocycles. The minimum atomic E-state index is -0.556. The maximum atomic E-state index is 13.0. The third kappa shape index (κ3) is 3.76. The zero-order chi connectivity index (χ0) is 18.7. The number of hydrogen-bond donors (Lipinski definition) is 1. The summed E-state index contributed by atoms with van der Waals surface area (Å²) in [6.07, 6.45) is 1.65. The third-order valence-corrected chi connectivity index (χ3v) is 4.84. The van der Waals surface area contributed by atoms with Crippen molar-refractivity contribution in [3.8, 4) is 5.75 Å². The summed E-state index contributed by atoms with van der Waals surface area (Å²) in [5.74, 6) is -0.832. The number of carbonyl (C=O) groups is 2. The first-order valence-corrected chi connectivity index (χ1v) is 8.69. The number of ether oxygens (including phenoxy) is 1. The molecular formula is C18H13FN2O3S2. The molecule has 1 fully saturated rings. The van der Waals surface area contributed by atoms with Crippen molar-refractivity contribution in [3.05, 3.63) is 70.4 Å². The Morgan fingerprint density at radius 3 is 2.62 bits per heavy atom. The van der Waals surface area contributed by atoms with E-state index in [1.165, 1.54) is 24.3 Å². The molecule has 0 aromatic heterocycles. The maximum Gasteiger partial charge on any atom is 0.285 e. The molecule has 0 saturated carbocycles. The molecule has 2 aromatic rings. The molecule has 1 saturated heterocycles. The topological polar surface area (TPSA) is 58.6 Å². The Hall–Kier alpha value is -2.71. The van der Waals surface area contributed by atoms with Gasteiger partial charge >= 0.3 is 0 Å². The number of thioether (sulfide) groups is 1. The lowest BCUT2D eigenvalue weighted by Crippen LogP contribution is -2.44. The Morgan fingerprint density at radius 1 is 1.23 bits per heavy atom. The summed E-state index contributed by atoms with van der Waals surface area (Å²) >= 11 is 6.26. The zero-order valence-corrected chi connectivity index (χ0v) is 15.2. The molecule has 2 amide bonds. The molecule has 0 bridgehead atoms. The number of benzene rings is 2. The number of halogens is 1. The summed E-state index contributed by atoms with van der Waals surface area (Å²) in [5.41, 5.74) is 3.39. The van der Waals surface area contributed by atoms with Gasteiger partial charge < -0.3 is 4.74 Å². The van der Waals surface area contributed by atoms with Gasteiger partial charge in [-0.3, -0.25) is 15.0 Å². The number of para-hydroxylation sites is 1. The van der Waals surface area contributed by atoms with Gasteiger partial charge in [0.2, 0.25) is 0 Å². The van der Waals surface area contributed by atoms with Gasteiger partial charge in [-0.15, -0.1) is 0 Å². The van der Waals surface area contributed by atoms with Gasteiger partial charge in [-0.2, -0.15) is 5.01 Å². The molecule has 1 aliphatic rings. The van der Waals surface area contributed by atoms with Crippen molar-refractivity contribution >= 4 is 46.2 Å². The van der Waals surface area contributed by atoms with Gasteiger partial charge in [-0.05, 0) is 48.6 Å². The Bertz CT molecular complexity index is 913. The molecule has 1 heterocycles. The van der Waals surface area contributed by atoms with E-state index in [4.69, 9.17) is 17.0 Å². The van der Waals surface area contributed by atoms with E-state index in [-0.39, 0.29) is 9.88 Å². The van der Waals surface area contributed by atoms with Gasteiger partial charge in [0.25, 0.3) is 11.8 Å².